The molecule has 15 heavy (non-hydrogen) atoms. The molecule has 2 rings (SSSR count). The first-order valence-corrected chi connectivity index (χ1v) is 5.59. The second kappa shape index (κ2) is 4.03. The Morgan fingerprint density at radius 3 is 2.73 bits per heavy atom. The van der Waals surface area contributed by atoms with E-state index in [-0.39, 0.29) is 5.54 Å². The summed E-state index contributed by atoms with van der Waals surface area (Å²) in [5, 5.41) is 4.17. The van der Waals surface area contributed by atoms with Crippen LogP contribution in [0.15, 0.2) is 18.2 Å². The number of rotatable bonds is 4. The molecule has 1 aliphatic rings. The summed E-state index contributed by atoms with van der Waals surface area (Å²) in [4.78, 5) is 0. The van der Waals surface area contributed by atoms with Gasteiger partial charge in [-0.1, -0.05) is 17.7 Å². The molecule has 0 spiro atoms. The molecule has 0 saturated heterocycles. The molecule has 3 heteroatoms. The van der Waals surface area contributed by atoms with Crippen LogP contribution in [0.1, 0.15) is 18.4 Å². The normalized spacial score (nSPS) is 17.5. The van der Waals surface area contributed by atoms with Crippen molar-refractivity contribution in [1.82, 2.24) is 5.32 Å². The lowest BCUT2D eigenvalue weighted by atomic mass is 10.0. The fraction of sp³-hybridized carbons (Fsp3) is 0.500. The molecular weight excluding hydrogens is 210 g/mol. The van der Waals surface area contributed by atoms with Gasteiger partial charge in [-0.2, -0.15) is 0 Å². The highest BCUT2D eigenvalue weighted by atomic mass is 35.5. The van der Waals surface area contributed by atoms with E-state index >= 15 is 0 Å². The van der Waals surface area contributed by atoms with E-state index in [2.05, 4.69) is 5.32 Å². The molecule has 1 aliphatic carbocycles. The number of methoxy groups -OCH3 is 1. The molecule has 82 valence electrons. The number of likely N-dealkylation sites (N-methyl/N-ethyl adjacent to an activating group) is 1. The number of hydrogen-bond donors (Lipinski definition) is 1. The standard InChI is InChI=1S/C12H16ClNO/c1-14-12(6-7-12)8-9-10(13)4-3-5-11(9)15-2/h3-5,14H,6-8H2,1-2H3. The lowest BCUT2D eigenvalue weighted by molar-refractivity contribution is 0.405. The summed E-state index contributed by atoms with van der Waals surface area (Å²) in [5.74, 6) is 0.893. The Hall–Kier alpha value is -0.730. The number of benzene rings is 1. The summed E-state index contributed by atoms with van der Waals surface area (Å²) < 4.78 is 5.33. The van der Waals surface area contributed by atoms with Crippen molar-refractivity contribution in [2.24, 2.45) is 0 Å². The Balaban J connectivity index is 2.26. The van der Waals surface area contributed by atoms with Crippen molar-refractivity contribution in [2.75, 3.05) is 14.2 Å². The minimum atomic E-state index is 0.262. The third-order valence-corrected chi connectivity index (χ3v) is 3.55. The van der Waals surface area contributed by atoms with E-state index < -0.39 is 0 Å². The van der Waals surface area contributed by atoms with Gasteiger partial charge in [-0.3, -0.25) is 0 Å². The third kappa shape index (κ3) is 2.11. The minimum Gasteiger partial charge on any atom is -0.496 e. The molecule has 0 heterocycles. The van der Waals surface area contributed by atoms with E-state index in [0.29, 0.717) is 0 Å². The highest BCUT2D eigenvalue weighted by molar-refractivity contribution is 6.31. The van der Waals surface area contributed by atoms with E-state index in [9.17, 15) is 0 Å². The zero-order valence-corrected chi connectivity index (χ0v) is 9.90. The van der Waals surface area contributed by atoms with Gasteiger partial charge in [0.15, 0.2) is 0 Å². The van der Waals surface area contributed by atoms with Crippen LogP contribution in [-0.2, 0) is 6.42 Å². The second-order valence-electron chi connectivity index (χ2n) is 4.13. The van der Waals surface area contributed by atoms with Crippen LogP contribution in [-0.4, -0.2) is 19.7 Å². The summed E-state index contributed by atoms with van der Waals surface area (Å²) >= 11 is 6.19. The van der Waals surface area contributed by atoms with Crippen LogP contribution in [0.4, 0.5) is 0 Å². The van der Waals surface area contributed by atoms with Gasteiger partial charge in [0.05, 0.1) is 7.11 Å². The molecule has 1 saturated carbocycles. The van der Waals surface area contributed by atoms with E-state index in [0.717, 1.165) is 22.8 Å². The maximum absolute atomic E-state index is 6.19. The van der Waals surface area contributed by atoms with Crippen molar-refractivity contribution in [1.29, 1.82) is 0 Å². The molecule has 0 amide bonds. The van der Waals surface area contributed by atoms with Gasteiger partial charge in [0.25, 0.3) is 0 Å². The average molecular weight is 226 g/mol. The molecule has 0 aromatic heterocycles. The molecule has 0 aliphatic heterocycles. The smallest absolute Gasteiger partial charge is 0.123 e. The summed E-state index contributed by atoms with van der Waals surface area (Å²) in [5.41, 5.74) is 1.38. The van der Waals surface area contributed by atoms with Crippen LogP contribution in [0.25, 0.3) is 0 Å². The zero-order valence-electron chi connectivity index (χ0n) is 9.14. The lowest BCUT2D eigenvalue weighted by Gasteiger charge is -2.17. The minimum absolute atomic E-state index is 0.262. The van der Waals surface area contributed by atoms with E-state index in [1.54, 1.807) is 7.11 Å². The lowest BCUT2D eigenvalue weighted by Crippen LogP contribution is -2.29. The van der Waals surface area contributed by atoms with Crippen LogP contribution in [0.2, 0.25) is 5.02 Å². The highest BCUT2D eigenvalue weighted by Crippen LogP contribution is 2.41. The fourth-order valence-electron chi connectivity index (χ4n) is 1.91. The van der Waals surface area contributed by atoms with Gasteiger partial charge >= 0.3 is 0 Å². The number of halogens is 1. The summed E-state index contributed by atoms with van der Waals surface area (Å²) in [6.07, 6.45) is 3.39. The molecule has 1 fully saturated rings. The molecule has 0 radical (unpaired) electrons. The maximum atomic E-state index is 6.19. The zero-order chi connectivity index (χ0) is 10.9. The van der Waals surface area contributed by atoms with E-state index in [1.165, 1.54) is 12.8 Å². The topological polar surface area (TPSA) is 21.3 Å². The SMILES string of the molecule is CNC1(Cc2c(Cl)cccc2OC)CC1. The quantitative estimate of drug-likeness (QED) is 0.851. The largest absolute Gasteiger partial charge is 0.496 e. The van der Waals surface area contributed by atoms with Gasteiger partial charge in [-0.25, -0.2) is 0 Å². The first kappa shape index (κ1) is 10.8. The molecule has 0 atom stereocenters. The summed E-state index contributed by atoms with van der Waals surface area (Å²) in [7, 11) is 3.70. The molecular formula is C12H16ClNO. The van der Waals surface area contributed by atoms with Crippen LogP contribution in [0, 0.1) is 0 Å². The van der Waals surface area contributed by atoms with Crippen LogP contribution < -0.4 is 10.1 Å². The Morgan fingerprint density at radius 1 is 1.47 bits per heavy atom. The monoisotopic (exact) mass is 225 g/mol. The molecule has 2 nitrogen and oxygen atoms in total. The van der Waals surface area contributed by atoms with Gasteiger partial charge in [0, 0.05) is 16.1 Å². The fourth-order valence-corrected chi connectivity index (χ4v) is 2.14. The Morgan fingerprint density at radius 2 is 2.20 bits per heavy atom. The number of hydrogen-bond acceptors (Lipinski definition) is 2. The molecule has 0 unspecified atom stereocenters. The van der Waals surface area contributed by atoms with Gasteiger partial charge in [-0.05, 0) is 38.4 Å². The van der Waals surface area contributed by atoms with Crippen LogP contribution >= 0.6 is 11.6 Å². The predicted molar refractivity (Wildman–Crippen MR) is 62.7 cm³/mol. The Bertz CT molecular complexity index is 361. The summed E-state index contributed by atoms with van der Waals surface area (Å²) in [6.45, 7) is 0. The molecule has 0 bridgehead atoms. The van der Waals surface area contributed by atoms with Crippen molar-refractivity contribution in [2.45, 2.75) is 24.8 Å². The van der Waals surface area contributed by atoms with Gasteiger partial charge in [0.1, 0.15) is 5.75 Å². The van der Waals surface area contributed by atoms with E-state index in [1.807, 2.05) is 25.2 Å². The Labute approximate surface area is 95.6 Å². The highest BCUT2D eigenvalue weighted by Gasteiger charge is 2.41. The van der Waals surface area contributed by atoms with Crippen molar-refractivity contribution >= 4 is 11.6 Å². The first-order valence-electron chi connectivity index (χ1n) is 5.21. The number of ether oxygens (including phenoxy) is 1. The van der Waals surface area contributed by atoms with Crippen molar-refractivity contribution < 1.29 is 4.74 Å². The molecule has 1 N–H and O–H groups in total. The molecule has 1 aromatic carbocycles. The van der Waals surface area contributed by atoms with Crippen molar-refractivity contribution in [3.05, 3.63) is 28.8 Å². The Kier molecular flexibility index (Phi) is 2.89. The number of nitrogens with one attached hydrogen (secondary N) is 1. The van der Waals surface area contributed by atoms with E-state index in [4.69, 9.17) is 16.3 Å². The van der Waals surface area contributed by atoms with Gasteiger partial charge in [-0.15, -0.1) is 0 Å². The first-order chi connectivity index (χ1) is 7.21. The second-order valence-corrected chi connectivity index (χ2v) is 4.53. The van der Waals surface area contributed by atoms with Crippen molar-refractivity contribution in [3.8, 4) is 5.75 Å². The average Bonchev–Trinajstić information content (AvgIpc) is 3.02. The van der Waals surface area contributed by atoms with Gasteiger partial charge < -0.3 is 10.1 Å². The predicted octanol–water partition coefficient (Wildman–Crippen LogP) is 2.64. The molecule has 1 aromatic rings. The van der Waals surface area contributed by atoms with Gasteiger partial charge in [0.2, 0.25) is 0 Å². The maximum Gasteiger partial charge on any atom is 0.123 e. The van der Waals surface area contributed by atoms with Crippen molar-refractivity contribution in [3.63, 3.8) is 0 Å². The third-order valence-electron chi connectivity index (χ3n) is 3.19. The van der Waals surface area contributed by atoms with Crippen LogP contribution in [0.5, 0.6) is 5.75 Å². The summed E-state index contributed by atoms with van der Waals surface area (Å²) in [6, 6.07) is 5.81. The van der Waals surface area contributed by atoms with Crippen LogP contribution in [0.3, 0.4) is 0 Å².